The maximum absolute atomic E-state index is 11.3. The topological polar surface area (TPSA) is 128 Å². The van der Waals surface area contributed by atoms with Crippen LogP contribution < -0.4 is 10.5 Å². The summed E-state index contributed by atoms with van der Waals surface area (Å²) in [6, 6.07) is 7.24. The van der Waals surface area contributed by atoms with E-state index < -0.39 is 9.84 Å². The molecule has 21 heavy (non-hydrogen) atoms. The molecule has 1 heterocycles. The number of hydrogen-bond acceptors (Lipinski definition) is 7. The molecule has 0 aliphatic heterocycles. The van der Waals surface area contributed by atoms with Gasteiger partial charge in [0.1, 0.15) is 11.4 Å². The molecule has 0 bridgehead atoms. The summed E-state index contributed by atoms with van der Waals surface area (Å²) in [6.45, 7) is 0. The fourth-order valence-corrected chi connectivity index (χ4v) is 2.07. The quantitative estimate of drug-likeness (QED) is 0.369. The molecule has 0 aliphatic carbocycles. The van der Waals surface area contributed by atoms with Gasteiger partial charge in [0.05, 0.1) is 4.90 Å². The number of sulfone groups is 1. The fourth-order valence-electron chi connectivity index (χ4n) is 1.44. The van der Waals surface area contributed by atoms with E-state index >= 15 is 0 Å². The molecule has 0 fully saturated rings. The molecule has 9 heteroatoms. The molecule has 0 atom stereocenters. The molecule has 1 aromatic carbocycles. The van der Waals surface area contributed by atoms with E-state index in [4.69, 9.17) is 15.7 Å². The third-order valence-corrected chi connectivity index (χ3v) is 3.59. The van der Waals surface area contributed by atoms with Crippen molar-refractivity contribution in [3.05, 3.63) is 42.2 Å². The monoisotopic (exact) mass is 308 g/mol. The number of amidine groups is 1. The first kappa shape index (κ1) is 14.7. The summed E-state index contributed by atoms with van der Waals surface area (Å²) < 4.78 is 28.0. The molecule has 110 valence electrons. The first-order valence-electron chi connectivity index (χ1n) is 5.69. The number of oxime groups is 1. The lowest BCUT2D eigenvalue weighted by atomic mass is 10.3. The van der Waals surface area contributed by atoms with Gasteiger partial charge in [0.2, 0.25) is 0 Å². The minimum atomic E-state index is -3.26. The van der Waals surface area contributed by atoms with Crippen LogP contribution in [0.3, 0.4) is 0 Å². The van der Waals surface area contributed by atoms with Gasteiger partial charge < -0.3 is 15.7 Å². The molecule has 2 aromatic rings. The summed E-state index contributed by atoms with van der Waals surface area (Å²) in [4.78, 5) is 8.00. The van der Waals surface area contributed by atoms with Gasteiger partial charge >= 0.3 is 6.01 Å². The van der Waals surface area contributed by atoms with Crippen LogP contribution in [0, 0.1) is 0 Å². The lowest BCUT2D eigenvalue weighted by Crippen LogP contribution is -2.15. The van der Waals surface area contributed by atoms with Gasteiger partial charge in [-0.1, -0.05) is 5.16 Å². The molecule has 0 radical (unpaired) electrons. The molecule has 0 unspecified atom stereocenters. The Bertz CT molecular complexity index is 772. The van der Waals surface area contributed by atoms with Gasteiger partial charge in [-0.3, -0.25) is 0 Å². The average molecular weight is 308 g/mol. The molecule has 0 spiro atoms. The number of ether oxygens (including phenoxy) is 1. The number of hydrogen-bond donors (Lipinski definition) is 2. The summed E-state index contributed by atoms with van der Waals surface area (Å²) in [5.74, 6) is 0.189. The van der Waals surface area contributed by atoms with Crippen LogP contribution in [0.15, 0.2) is 46.6 Å². The van der Waals surface area contributed by atoms with Crippen LogP contribution in [0.5, 0.6) is 11.8 Å². The third kappa shape index (κ3) is 3.66. The van der Waals surface area contributed by atoms with Crippen molar-refractivity contribution in [2.24, 2.45) is 10.9 Å². The van der Waals surface area contributed by atoms with Gasteiger partial charge in [-0.15, -0.1) is 0 Å². The van der Waals surface area contributed by atoms with E-state index in [1.807, 2.05) is 0 Å². The predicted molar refractivity (Wildman–Crippen MR) is 74.2 cm³/mol. The highest BCUT2D eigenvalue weighted by Gasteiger charge is 2.08. The second-order valence-electron chi connectivity index (χ2n) is 4.06. The maximum Gasteiger partial charge on any atom is 0.322 e. The Hall–Kier alpha value is -2.68. The Labute approximate surface area is 120 Å². The van der Waals surface area contributed by atoms with Crippen molar-refractivity contribution in [1.82, 2.24) is 9.97 Å². The van der Waals surface area contributed by atoms with Crippen molar-refractivity contribution in [3.8, 4) is 11.8 Å². The predicted octanol–water partition coefficient (Wildman–Crippen LogP) is 0.767. The lowest BCUT2D eigenvalue weighted by Gasteiger charge is -2.05. The number of benzene rings is 1. The van der Waals surface area contributed by atoms with Crippen molar-refractivity contribution in [2.75, 3.05) is 6.26 Å². The minimum Gasteiger partial charge on any atom is -0.424 e. The average Bonchev–Trinajstić information content (AvgIpc) is 2.46. The Morgan fingerprint density at radius 3 is 2.52 bits per heavy atom. The van der Waals surface area contributed by atoms with E-state index in [1.165, 1.54) is 36.5 Å². The SMILES string of the molecule is CS(=O)(=O)c1ccc(Oc2nccc(/C(N)=N/O)n2)cc1. The zero-order chi connectivity index (χ0) is 15.5. The van der Waals surface area contributed by atoms with Crippen molar-refractivity contribution in [2.45, 2.75) is 4.90 Å². The van der Waals surface area contributed by atoms with Crippen LogP contribution in [0.4, 0.5) is 0 Å². The Kier molecular flexibility index (Phi) is 4.03. The Morgan fingerprint density at radius 1 is 1.29 bits per heavy atom. The van der Waals surface area contributed by atoms with E-state index in [-0.39, 0.29) is 22.4 Å². The van der Waals surface area contributed by atoms with E-state index in [0.717, 1.165) is 6.26 Å². The van der Waals surface area contributed by atoms with E-state index in [0.29, 0.717) is 5.75 Å². The van der Waals surface area contributed by atoms with E-state index in [1.54, 1.807) is 0 Å². The highest BCUT2D eigenvalue weighted by Crippen LogP contribution is 2.20. The van der Waals surface area contributed by atoms with Gasteiger partial charge in [-0.25, -0.2) is 13.4 Å². The van der Waals surface area contributed by atoms with Crippen molar-refractivity contribution < 1.29 is 18.4 Å². The van der Waals surface area contributed by atoms with Crippen molar-refractivity contribution >= 4 is 15.7 Å². The summed E-state index contributed by atoms with van der Waals surface area (Å²) in [6.07, 6.45) is 2.51. The normalized spacial score (nSPS) is 12.1. The van der Waals surface area contributed by atoms with Gasteiger partial charge in [0.15, 0.2) is 15.7 Å². The van der Waals surface area contributed by atoms with Gasteiger partial charge in [-0.05, 0) is 30.3 Å². The van der Waals surface area contributed by atoms with Crippen LogP contribution in [-0.2, 0) is 9.84 Å². The molecule has 3 N–H and O–H groups in total. The van der Waals surface area contributed by atoms with Crippen LogP contribution >= 0.6 is 0 Å². The summed E-state index contributed by atoms with van der Waals surface area (Å²) in [5, 5.41) is 11.4. The third-order valence-electron chi connectivity index (χ3n) is 2.46. The smallest absolute Gasteiger partial charge is 0.322 e. The van der Waals surface area contributed by atoms with Crippen LogP contribution in [-0.4, -0.2) is 35.7 Å². The molecule has 0 saturated heterocycles. The van der Waals surface area contributed by atoms with Gasteiger partial charge in [-0.2, -0.15) is 4.98 Å². The van der Waals surface area contributed by atoms with Crippen LogP contribution in [0.2, 0.25) is 0 Å². The molecule has 0 aliphatic rings. The zero-order valence-electron chi connectivity index (χ0n) is 11.0. The Morgan fingerprint density at radius 2 is 1.95 bits per heavy atom. The molecule has 0 amide bonds. The molecule has 0 saturated carbocycles. The number of rotatable bonds is 4. The van der Waals surface area contributed by atoms with Gasteiger partial charge in [0.25, 0.3) is 0 Å². The maximum atomic E-state index is 11.3. The van der Waals surface area contributed by atoms with Crippen LogP contribution in [0.1, 0.15) is 5.69 Å². The highest BCUT2D eigenvalue weighted by molar-refractivity contribution is 7.90. The first-order valence-corrected chi connectivity index (χ1v) is 7.58. The Balaban J connectivity index is 2.23. The van der Waals surface area contributed by atoms with Crippen molar-refractivity contribution in [1.29, 1.82) is 0 Å². The minimum absolute atomic E-state index is 0.00814. The van der Waals surface area contributed by atoms with E-state index in [9.17, 15) is 8.42 Å². The lowest BCUT2D eigenvalue weighted by molar-refractivity contribution is 0.318. The first-order chi connectivity index (χ1) is 9.90. The largest absolute Gasteiger partial charge is 0.424 e. The zero-order valence-corrected chi connectivity index (χ0v) is 11.8. The van der Waals surface area contributed by atoms with E-state index in [2.05, 4.69) is 15.1 Å². The molecular formula is C12H12N4O4S. The second-order valence-corrected chi connectivity index (χ2v) is 6.07. The number of aromatic nitrogens is 2. The summed E-state index contributed by atoms with van der Waals surface area (Å²) >= 11 is 0. The highest BCUT2D eigenvalue weighted by atomic mass is 32.2. The van der Waals surface area contributed by atoms with Gasteiger partial charge in [0, 0.05) is 12.5 Å². The number of nitrogens with two attached hydrogens (primary N) is 1. The summed E-state index contributed by atoms with van der Waals surface area (Å²) in [7, 11) is -3.26. The standard InChI is InChI=1S/C12H12N4O4S/c1-21(18,19)9-4-2-8(3-5-9)20-12-14-7-6-10(15-12)11(13)16-17/h2-7,17H,1H3,(H2,13,16). The molecular weight excluding hydrogens is 296 g/mol. The fraction of sp³-hybridized carbons (Fsp3) is 0.0833. The summed E-state index contributed by atoms with van der Waals surface area (Å²) in [5.41, 5.74) is 5.62. The van der Waals surface area contributed by atoms with Crippen LogP contribution in [0.25, 0.3) is 0 Å². The van der Waals surface area contributed by atoms with Crippen molar-refractivity contribution in [3.63, 3.8) is 0 Å². The number of nitrogens with zero attached hydrogens (tertiary/aromatic N) is 3. The molecule has 8 nitrogen and oxygen atoms in total. The molecule has 1 aromatic heterocycles. The second kappa shape index (κ2) is 5.75. The molecule has 2 rings (SSSR count).